The Bertz CT molecular complexity index is 830. The molecule has 1 aromatic heterocycles. The van der Waals surface area contributed by atoms with Crippen LogP contribution in [0.1, 0.15) is 0 Å². The molecule has 1 aliphatic rings. The highest BCUT2D eigenvalue weighted by atomic mass is 16.5. The number of likely N-dealkylation sites (N-methyl/N-ethyl adjacent to an activating group) is 1. The number of rotatable bonds is 9. The van der Waals surface area contributed by atoms with Crippen molar-refractivity contribution in [3.8, 4) is 5.75 Å². The highest BCUT2D eigenvalue weighted by Crippen LogP contribution is 2.28. The zero-order valence-corrected chi connectivity index (χ0v) is 17.7. The number of anilines is 2. The average Bonchev–Trinajstić information content (AvgIpc) is 2.73. The van der Waals surface area contributed by atoms with Crippen LogP contribution in [0.2, 0.25) is 0 Å². The van der Waals surface area contributed by atoms with E-state index >= 15 is 0 Å². The quantitative estimate of drug-likeness (QED) is 0.675. The van der Waals surface area contributed by atoms with E-state index in [0.717, 1.165) is 62.9 Å². The fourth-order valence-electron chi connectivity index (χ4n) is 3.45. The monoisotopic (exact) mass is 400 g/mol. The Kier molecular flexibility index (Phi) is 7.48. The Morgan fingerprint density at radius 3 is 2.59 bits per heavy atom. The largest absolute Gasteiger partial charge is 0.495 e. The maximum atomic E-state index is 12.2. The molecular formula is C21H32N6O2. The molecule has 29 heavy (non-hydrogen) atoms. The Labute approximate surface area is 172 Å². The second-order valence-corrected chi connectivity index (χ2v) is 7.54. The minimum atomic E-state index is -0.0673. The molecule has 0 spiro atoms. The van der Waals surface area contributed by atoms with Crippen molar-refractivity contribution in [2.75, 3.05) is 77.2 Å². The molecule has 2 aromatic rings. The van der Waals surface area contributed by atoms with Crippen LogP contribution in [-0.4, -0.2) is 86.6 Å². The van der Waals surface area contributed by atoms with E-state index in [1.165, 1.54) is 4.68 Å². The smallest absolute Gasteiger partial charge is 0.268 e. The summed E-state index contributed by atoms with van der Waals surface area (Å²) in [4.78, 5) is 19.0. The van der Waals surface area contributed by atoms with Gasteiger partial charge in [0.2, 0.25) is 0 Å². The lowest BCUT2D eigenvalue weighted by Gasteiger charge is -2.36. The summed E-state index contributed by atoms with van der Waals surface area (Å²) >= 11 is 0. The Hall–Kier alpha value is -2.58. The number of aromatic nitrogens is 2. The summed E-state index contributed by atoms with van der Waals surface area (Å²) in [6, 6.07) is 9.80. The maximum Gasteiger partial charge on any atom is 0.268 e. The molecule has 2 heterocycles. The van der Waals surface area contributed by atoms with Crippen molar-refractivity contribution < 1.29 is 4.74 Å². The summed E-state index contributed by atoms with van der Waals surface area (Å²) in [5.74, 6) is 0.926. The minimum absolute atomic E-state index is 0.0673. The van der Waals surface area contributed by atoms with E-state index < -0.39 is 0 Å². The second kappa shape index (κ2) is 10.3. The lowest BCUT2D eigenvalue weighted by Crippen LogP contribution is -2.47. The number of nitrogens with one attached hydrogen (secondary N) is 1. The second-order valence-electron chi connectivity index (χ2n) is 7.54. The van der Waals surface area contributed by atoms with Crippen LogP contribution in [0.4, 0.5) is 11.4 Å². The highest BCUT2D eigenvalue weighted by Gasteiger charge is 2.19. The van der Waals surface area contributed by atoms with E-state index in [2.05, 4.69) is 32.3 Å². The van der Waals surface area contributed by atoms with Gasteiger partial charge >= 0.3 is 0 Å². The number of benzene rings is 1. The molecule has 0 aliphatic carbocycles. The molecule has 1 aliphatic heterocycles. The molecule has 0 bridgehead atoms. The van der Waals surface area contributed by atoms with E-state index in [0.29, 0.717) is 6.54 Å². The molecule has 0 saturated carbocycles. The Morgan fingerprint density at radius 1 is 1.14 bits per heavy atom. The average molecular weight is 401 g/mol. The number of ether oxygens (including phenoxy) is 1. The van der Waals surface area contributed by atoms with Crippen LogP contribution in [0.5, 0.6) is 5.75 Å². The Morgan fingerprint density at radius 2 is 1.90 bits per heavy atom. The van der Waals surface area contributed by atoms with Crippen molar-refractivity contribution >= 4 is 11.4 Å². The summed E-state index contributed by atoms with van der Waals surface area (Å²) in [5.41, 5.74) is 1.87. The number of piperazine rings is 1. The number of hydrogen-bond donors (Lipinski definition) is 1. The van der Waals surface area contributed by atoms with Gasteiger partial charge in [-0.1, -0.05) is 12.1 Å². The fourth-order valence-corrected chi connectivity index (χ4v) is 3.45. The van der Waals surface area contributed by atoms with Gasteiger partial charge in [0.05, 0.1) is 31.2 Å². The first kappa shape index (κ1) is 21.1. The third kappa shape index (κ3) is 5.95. The number of para-hydroxylation sites is 2. The third-order valence-corrected chi connectivity index (χ3v) is 5.18. The molecule has 0 unspecified atom stereocenters. The van der Waals surface area contributed by atoms with Gasteiger partial charge in [0.15, 0.2) is 0 Å². The molecule has 8 nitrogen and oxygen atoms in total. The third-order valence-electron chi connectivity index (χ3n) is 5.18. The molecule has 1 fully saturated rings. The van der Waals surface area contributed by atoms with Crippen molar-refractivity contribution in [3.05, 3.63) is 46.9 Å². The summed E-state index contributed by atoms with van der Waals surface area (Å²) < 4.78 is 6.99. The van der Waals surface area contributed by atoms with Gasteiger partial charge in [-0.3, -0.25) is 9.69 Å². The van der Waals surface area contributed by atoms with Crippen LogP contribution in [0.3, 0.4) is 0 Å². The molecule has 3 rings (SSSR count). The van der Waals surface area contributed by atoms with Crippen molar-refractivity contribution in [2.45, 2.75) is 6.54 Å². The van der Waals surface area contributed by atoms with Crippen LogP contribution in [-0.2, 0) is 6.54 Å². The van der Waals surface area contributed by atoms with Crippen molar-refractivity contribution in [3.63, 3.8) is 0 Å². The van der Waals surface area contributed by atoms with E-state index in [1.54, 1.807) is 19.4 Å². The summed E-state index contributed by atoms with van der Waals surface area (Å²) in [6.45, 7) is 7.08. The summed E-state index contributed by atoms with van der Waals surface area (Å²) in [6.07, 6.45) is 1.73. The zero-order chi connectivity index (χ0) is 20.6. The molecule has 1 N–H and O–H groups in total. The topological polar surface area (TPSA) is 65.9 Å². The number of methoxy groups -OCH3 is 1. The van der Waals surface area contributed by atoms with E-state index in [4.69, 9.17) is 4.74 Å². The minimum Gasteiger partial charge on any atom is -0.495 e. The first-order chi connectivity index (χ1) is 14.1. The molecule has 158 valence electrons. The van der Waals surface area contributed by atoms with Gasteiger partial charge in [-0.05, 0) is 26.2 Å². The zero-order valence-electron chi connectivity index (χ0n) is 17.7. The molecule has 0 atom stereocenters. The first-order valence-electron chi connectivity index (χ1n) is 10.1. The van der Waals surface area contributed by atoms with Gasteiger partial charge in [0.1, 0.15) is 5.75 Å². The van der Waals surface area contributed by atoms with Crippen LogP contribution in [0.25, 0.3) is 0 Å². The van der Waals surface area contributed by atoms with Crippen molar-refractivity contribution in [2.24, 2.45) is 0 Å². The van der Waals surface area contributed by atoms with E-state index in [-0.39, 0.29) is 5.56 Å². The van der Waals surface area contributed by atoms with Crippen molar-refractivity contribution in [1.29, 1.82) is 0 Å². The van der Waals surface area contributed by atoms with Gasteiger partial charge in [-0.15, -0.1) is 0 Å². The normalized spacial score (nSPS) is 15.0. The molecule has 8 heteroatoms. The standard InChI is InChI=1S/C21H32N6O2/c1-24(2)10-15-27-21(28)16-18(17-23-27)22-8-9-25-11-13-26(14-12-25)19-6-4-5-7-20(19)29-3/h4-7,16-17,22H,8-15H2,1-3H3. The lowest BCUT2D eigenvalue weighted by molar-refractivity contribution is 0.266. The molecule has 0 amide bonds. The van der Waals surface area contributed by atoms with Gasteiger partial charge in [-0.25, -0.2) is 4.68 Å². The van der Waals surface area contributed by atoms with Gasteiger partial charge in [-0.2, -0.15) is 5.10 Å². The van der Waals surface area contributed by atoms with Crippen LogP contribution >= 0.6 is 0 Å². The SMILES string of the molecule is COc1ccccc1N1CCN(CCNc2cnn(CCN(C)C)c(=O)c2)CC1. The predicted octanol–water partition coefficient (Wildman–Crippen LogP) is 1.05. The number of nitrogens with zero attached hydrogens (tertiary/aromatic N) is 5. The molecular weight excluding hydrogens is 368 g/mol. The number of hydrogen-bond acceptors (Lipinski definition) is 7. The van der Waals surface area contributed by atoms with E-state index in [9.17, 15) is 4.79 Å². The van der Waals surface area contributed by atoms with Crippen LogP contribution in [0.15, 0.2) is 41.3 Å². The molecule has 1 aromatic carbocycles. The van der Waals surface area contributed by atoms with Crippen molar-refractivity contribution in [1.82, 2.24) is 19.6 Å². The van der Waals surface area contributed by atoms with Gasteiger partial charge in [0.25, 0.3) is 5.56 Å². The van der Waals surface area contributed by atoms with Crippen LogP contribution in [0, 0.1) is 0 Å². The lowest BCUT2D eigenvalue weighted by atomic mass is 10.2. The predicted molar refractivity (Wildman–Crippen MR) is 117 cm³/mol. The maximum absolute atomic E-state index is 12.2. The summed E-state index contributed by atoms with van der Waals surface area (Å²) in [7, 11) is 5.68. The summed E-state index contributed by atoms with van der Waals surface area (Å²) in [5, 5.41) is 7.58. The van der Waals surface area contributed by atoms with E-state index in [1.807, 2.05) is 31.1 Å². The molecule has 1 saturated heterocycles. The van der Waals surface area contributed by atoms with Crippen LogP contribution < -0.4 is 20.5 Å². The molecule has 0 radical (unpaired) electrons. The van der Waals surface area contributed by atoms with Gasteiger partial charge < -0.3 is 19.9 Å². The first-order valence-corrected chi connectivity index (χ1v) is 10.1. The van der Waals surface area contributed by atoms with Gasteiger partial charge in [0, 0.05) is 51.9 Å². The Balaban J connectivity index is 1.43. The highest BCUT2D eigenvalue weighted by molar-refractivity contribution is 5.58. The fraction of sp³-hybridized carbons (Fsp3) is 0.524.